The molecule has 0 aliphatic carbocycles. The van der Waals surface area contributed by atoms with Crippen LogP contribution in [0, 0.1) is 11.7 Å². The second-order valence-electron chi connectivity index (χ2n) is 4.70. The van der Waals surface area contributed by atoms with Crippen LogP contribution in [0.2, 0.25) is 0 Å². The monoisotopic (exact) mass is 248 g/mol. The molecule has 0 aliphatic rings. The minimum absolute atomic E-state index is 0.0000539. The van der Waals surface area contributed by atoms with E-state index in [1.54, 1.807) is 12.1 Å². The van der Waals surface area contributed by atoms with Crippen molar-refractivity contribution < 1.29 is 13.6 Å². The summed E-state index contributed by atoms with van der Waals surface area (Å²) >= 11 is 0. The Balaban J connectivity index is 2.22. The molecule has 0 fully saturated rings. The van der Waals surface area contributed by atoms with Crippen LogP contribution in [0.5, 0.6) is 0 Å². The molecule has 0 bridgehead atoms. The van der Waals surface area contributed by atoms with Gasteiger partial charge in [0.15, 0.2) is 5.76 Å². The van der Waals surface area contributed by atoms with E-state index in [1.807, 2.05) is 6.92 Å². The fourth-order valence-corrected chi connectivity index (χ4v) is 2.02. The van der Waals surface area contributed by atoms with Gasteiger partial charge in [0.1, 0.15) is 11.4 Å². The molecular weight excluding hydrogens is 231 g/mol. The molecule has 18 heavy (non-hydrogen) atoms. The molecule has 0 saturated heterocycles. The molecule has 0 N–H and O–H groups in total. The van der Waals surface area contributed by atoms with Crippen LogP contribution in [0.25, 0.3) is 11.0 Å². The zero-order chi connectivity index (χ0) is 13.1. The Labute approximate surface area is 106 Å². The average molecular weight is 248 g/mol. The van der Waals surface area contributed by atoms with E-state index in [0.717, 1.165) is 19.3 Å². The number of rotatable bonds is 5. The van der Waals surface area contributed by atoms with Crippen molar-refractivity contribution in [1.29, 1.82) is 0 Å². The highest BCUT2D eigenvalue weighted by molar-refractivity contribution is 5.98. The van der Waals surface area contributed by atoms with Gasteiger partial charge in [0, 0.05) is 11.3 Å². The van der Waals surface area contributed by atoms with E-state index < -0.39 is 0 Å². The Kier molecular flexibility index (Phi) is 3.80. The Morgan fingerprint density at radius 1 is 1.39 bits per heavy atom. The van der Waals surface area contributed by atoms with E-state index in [0.29, 0.717) is 16.7 Å². The van der Waals surface area contributed by atoms with Crippen LogP contribution in [-0.2, 0) is 0 Å². The maximum absolute atomic E-state index is 13.0. The van der Waals surface area contributed by atoms with Crippen molar-refractivity contribution in [1.82, 2.24) is 0 Å². The normalized spacial score (nSPS) is 12.8. The number of halogens is 1. The number of hydrogen-bond donors (Lipinski definition) is 0. The van der Waals surface area contributed by atoms with E-state index >= 15 is 0 Å². The lowest BCUT2D eigenvalue weighted by Gasteiger charge is -2.06. The maximum Gasteiger partial charge on any atom is 0.200 e. The van der Waals surface area contributed by atoms with Crippen molar-refractivity contribution in [3.05, 3.63) is 35.8 Å². The molecule has 0 aliphatic heterocycles. The largest absolute Gasteiger partial charge is 0.453 e. The van der Waals surface area contributed by atoms with Crippen LogP contribution in [0.4, 0.5) is 4.39 Å². The van der Waals surface area contributed by atoms with Crippen molar-refractivity contribution >= 4 is 16.8 Å². The summed E-state index contributed by atoms with van der Waals surface area (Å²) in [6.07, 6.45) is 2.96. The fraction of sp³-hybridized carbons (Fsp3) is 0.400. The van der Waals surface area contributed by atoms with E-state index in [1.165, 1.54) is 12.1 Å². The summed E-state index contributed by atoms with van der Waals surface area (Å²) in [5.74, 6) is -0.0315. The highest BCUT2D eigenvalue weighted by Crippen LogP contribution is 2.23. The third-order valence-electron chi connectivity index (χ3n) is 3.16. The van der Waals surface area contributed by atoms with Gasteiger partial charge in [-0.25, -0.2) is 4.39 Å². The Hall–Kier alpha value is -1.64. The highest BCUT2D eigenvalue weighted by atomic mass is 19.1. The summed E-state index contributed by atoms with van der Waals surface area (Å²) in [4.78, 5) is 12.1. The van der Waals surface area contributed by atoms with Crippen LogP contribution >= 0.6 is 0 Å². The molecule has 0 amide bonds. The minimum atomic E-state index is -0.318. The number of benzene rings is 1. The van der Waals surface area contributed by atoms with Gasteiger partial charge in [-0.1, -0.05) is 26.7 Å². The number of fused-ring (bicyclic) bond motifs is 1. The lowest BCUT2D eigenvalue weighted by Crippen LogP contribution is -2.10. The molecule has 1 unspecified atom stereocenters. The molecule has 2 aromatic rings. The Morgan fingerprint density at radius 3 is 2.89 bits per heavy atom. The number of carbonyl (C=O) groups excluding carboxylic acids is 1. The summed E-state index contributed by atoms with van der Waals surface area (Å²) in [7, 11) is 0. The molecule has 2 nitrogen and oxygen atoms in total. The maximum atomic E-state index is 13.0. The third kappa shape index (κ3) is 2.61. The van der Waals surface area contributed by atoms with E-state index in [-0.39, 0.29) is 17.5 Å². The standard InChI is InChI=1S/C15H17FO2/c1-3-4-5-10(2)15(17)14-9-11-8-12(16)6-7-13(11)18-14/h6-10H,3-5H2,1-2H3. The lowest BCUT2D eigenvalue weighted by molar-refractivity contribution is 0.0896. The van der Waals surface area contributed by atoms with Crippen molar-refractivity contribution in [3.8, 4) is 0 Å². The second-order valence-corrected chi connectivity index (χ2v) is 4.70. The van der Waals surface area contributed by atoms with Gasteiger partial charge in [0.05, 0.1) is 0 Å². The second kappa shape index (κ2) is 5.34. The summed E-state index contributed by atoms with van der Waals surface area (Å²) in [5.41, 5.74) is 0.558. The van der Waals surface area contributed by atoms with Crippen molar-refractivity contribution in [2.75, 3.05) is 0 Å². The molecule has 0 spiro atoms. The number of Topliss-reactive ketones (excluding diaryl/α,β-unsaturated/α-hetero) is 1. The SMILES string of the molecule is CCCCC(C)C(=O)c1cc2cc(F)ccc2o1. The van der Waals surface area contributed by atoms with E-state index in [9.17, 15) is 9.18 Å². The summed E-state index contributed by atoms with van der Waals surface area (Å²) in [6, 6.07) is 5.90. The topological polar surface area (TPSA) is 30.2 Å². The van der Waals surface area contributed by atoms with Gasteiger partial charge >= 0.3 is 0 Å². The van der Waals surface area contributed by atoms with Crippen molar-refractivity contribution in [2.24, 2.45) is 5.92 Å². The van der Waals surface area contributed by atoms with Crippen LogP contribution in [0.1, 0.15) is 43.7 Å². The molecule has 2 rings (SSSR count). The van der Waals surface area contributed by atoms with Gasteiger partial charge in [-0.15, -0.1) is 0 Å². The van der Waals surface area contributed by atoms with Crippen LogP contribution in [-0.4, -0.2) is 5.78 Å². The molecule has 1 heterocycles. The average Bonchev–Trinajstić information content (AvgIpc) is 2.77. The molecule has 0 radical (unpaired) electrons. The predicted octanol–water partition coefficient (Wildman–Crippen LogP) is 4.58. The lowest BCUT2D eigenvalue weighted by atomic mass is 9.98. The zero-order valence-electron chi connectivity index (χ0n) is 10.7. The molecule has 1 aromatic carbocycles. The Bertz CT molecular complexity index is 557. The smallest absolute Gasteiger partial charge is 0.200 e. The van der Waals surface area contributed by atoms with Crippen LogP contribution in [0.15, 0.2) is 28.7 Å². The first-order valence-corrected chi connectivity index (χ1v) is 6.35. The molecular formula is C15H17FO2. The molecule has 96 valence electrons. The predicted molar refractivity (Wildman–Crippen MR) is 69.2 cm³/mol. The van der Waals surface area contributed by atoms with Gasteiger partial charge in [-0.2, -0.15) is 0 Å². The summed E-state index contributed by atoms with van der Waals surface area (Å²) in [5, 5.41) is 0.640. The summed E-state index contributed by atoms with van der Waals surface area (Å²) in [6.45, 7) is 4.01. The van der Waals surface area contributed by atoms with Crippen LogP contribution in [0.3, 0.4) is 0 Å². The molecule has 1 atom stereocenters. The fourth-order valence-electron chi connectivity index (χ4n) is 2.02. The summed E-state index contributed by atoms with van der Waals surface area (Å²) < 4.78 is 18.5. The first kappa shape index (κ1) is 12.8. The van der Waals surface area contributed by atoms with E-state index in [2.05, 4.69) is 6.92 Å². The molecule has 0 saturated carbocycles. The number of carbonyl (C=O) groups is 1. The number of furan rings is 1. The molecule has 1 aromatic heterocycles. The van der Waals surface area contributed by atoms with Gasteiger partial charge < -0.3 is 4.42 Å². The van der Waals surface area contributed by atoms with Crippen molar-refractivity contribution in [3.63, 3.8) is 0 Å². The number of unbranched alkanes of at least 4 members (excludes halogenated alkanes) is 1. The number of hydrogen-bond acceptors (Lipinski definition) is 2. The van der Waals surface area contributed by atoms with Crippen LogP contribution < -0.4 is 0 Å². The molecule has 3 heteroatoms. The minimum Gasteiger partial charge on any atom is -0.453 e. The first-order chi connectivity index (χ1) is 8.61. The zero-order valence-corrected chi connectivity index (χ0v) is 10.7. The van der Waals surface area contributed by atoms with Gasteiger partial charge in [-0.3, -0.25) is 4.79 Å². The van der Waals surface area contributed by atoms with Crippen molar-refractivity contribution in [2.45, 2.75) is 33.1 Å². The van der Waals surface area contributed by atoms with Gasteiger partial charge in [-0.05, 0) is 30.7 Å². The van der Waals surface area contributed by atoms with Gasteiger partial charge in [0.25, 0.3) is 0 Å². The Morgan fingerprint density at radius 2 is 2.17 bits per heavy atom. The van der Waals surface area contributed by atoms with E-state index in [4.69, 9.17) is 4.42 Å². The first-order valence-electron chi connectivity index (χ1n) is 6.35. The van der Waals surface area contributed by atoms with Gasteiger partial charge in [0.2, 0.25) is 5.78 Å². The third-order valence-corrected chi connectivity index (χ3v) is 3.16. The number of ketones is 1. The highest BCUT2D eigenvalue weighted by Gasteiger charge is 2.18. The quantitative estimate of drug-likeness (QED) is 0.725.